The van der Waals surface area contributed by atoms with Crippen molar-refractivity contribution in [2.45, 2.75) is 16.7 Å². The Bertz CT molecular complexity index is 1800. The molecule has 0 spiro atoms. The molecule has 6 rings (SSSR count). The first kappa shape index (κ1) is 35.6. The molecular formula is C37H32P3S5+. The summed E-state index contributed by atoms with van der Waals surface area (Å²) >= 11 is 25.0. The van der Waals surface area contributed by atoms with E-state index >= 15 is 0 Å². The summed E-state index contributed by atoms with van der Waals surface area (Å²) in [4.78, 5) is 1.96. The molecular weight excluding hydrogens is 698 g/mol. The van der Waals surface area contributed by atoms with Crippen molar-refractivity contribution in [3.05, 3.63) is 169 Å². The minimum atomic E-state index is -1.96. The average Bonchev–Trinajstić information content (AvgIpc) is 3.10. The highest BCUT2D eigenvalue weighted by Gasteiger charge is 2.24. The largest absolute Gasteiger partial charge is 0.250 e. The van der Waals surface area contributed by atoms with Crippen LogP contribution in [0.1, 0.15) is 5.56 Å². The molecule has 0 aliphatic rings. The van der Waals surface area contributed by atoms with Crippen LogP contribution in [-0.4, -0.2) is 0 Å². The summed E-state index contributed by atoms with van der Waals surface area (Å²) in [5.41, 5.74) is 1.27. The molecule has 0 N–H and O–H groups in total. The fraction of sp³-hybridized carbons (Fsp3) is 0.0270. The van der Waals surface area contributed by atoms with E-state index in [9.17, 15) is 0 Å². The zero-order chi connectivity index (χ0) is 32.1. The van der Waals surface area contributed by atoms with Crippen LogP contribution in [-0.2, 0) is 35.4 Å². The molecule has 0 nitrogen and oxygen atoms in total. The van der Waals surface area contributed by atoms with E-state index in [0.717, 1.165) is 22.5 Å². The maximum atomic E-state index is 6.26. The summed E-state index contributed by atoms with van der Waals surface area (Å²) in [6, 6.07) is 54.0. The monoisotopic (exact) mass is 729 g/mol. The highest BCUT2D eigenvalue weighted by molar-refractivity contribution is 8.25. The Morgan fingerprint density at radius 1 is 0.511 bits per heavy atom. The second-order valence-electron chi connectivity index (χ2n) is 9.87. The van der Waals surface area contributed by atoms with Gasteiger partial charge in [-0.05, 0) is 83.5 Å². The van der Waals surface area contributed by atoms with E-state index < -0.39 is 12.7 Å². The highest BCUT2D eigenvalue weighted by Crippen LogP contribution is 2.42. The molecule has 6 aromatic carbocycles. The predicted octanol–water partition coefficient (Wildman–Crippen LogP) is 8.63. The van der Waals surface area contributed by atoms with E-state index in [0.29, 0.717) is 0 Å². The molecule has 0 radical (unpaired) electrons. The van der Waals surface area contributed by atoms with Gasteiger partial charge in [0.1, 0.15) is 0 Å². The van der Waals surface area contributed by atoms with Crippen LogP contribution in [0.4, 0.5) is 0 Å². The van der Waals surface area contributed by atoms with E-state index in [1.165, 1.54) is 32.1 Å². The van der Waals surface area contributed by atoms with Crippen LogP contribution in [0, 0.1) is 6.92 Å². The second kappa shape index (κ2) is 18.2. The maximum Gasteiger partial charge on any atom is 0.250 e. The van der Waals surface area contributed by atoms with Gasteiger partial charge < -0.3 is 0 Å². The van der Waals surface area contributed by atoms with Crippen molar-refractivity contribution in [1.29, 1.82) is 0 Å². The van der Waals surface area contributed by atoms with Crippen molar-refractivity contribution in [1.82, 2.24) is 0 Å². The summed E-state index contributed by atoms with van der Waals surface area (Å²) in [6.45, 7) is 1.48. The molecule has 1 unspecified atom stereocenters. The van der Waals surface area contributed by atoms with Crippen molar-refractivity contribution in [2.75, 3.05) is 0 Å². The van der Waals surface area contributed by atoms with Crippen LogP contribution in [0.15, 0.2) is 174 Å². The van der Waals surface area contributed by atoms with Crippen molar-refractivity contribution in [3.8, 4) is 0 Å². The molecule has 224 valence electrons. The molecule has 0 amide bonds. The molecule has 1 atom stereocenters. The molecule has 0 aromatic heterocycles. The van der Waals surface area contributed by atoms with E-state index in [-0.39, 0.29) is 0 Å². The lowest BCUT2D eigenvalue weighted by Gasteiger charge is -2.24. The summed E-state index contributed by atoms with van der Waals surface area (Å²) in [5, 5.41) is 7.34. The first-order valence-corrected chi connectivity index (χ1v) is 22.0. The molecule has 6 aromatic rings. The van der Waals surface area contributed by atoms with Crippen LogP contribution < -0.4 is 31.8 Å². The van der Waals surface area contributed by atoms with Crippen molar-refractivity contribution in [2.24, 2.45) is 0 Å². The number of hydrogen-bond donors (Lipinski definition) is 2. The van der Waals surface area contributed by atoms with Gasteiger partial charge in [-0.3, -0.25) is 0 Å². The number of benzene rings is 6. The van der Waals surface area contributed by atoms with E-state index in [4.69, 9.17) is 35.4 Å². The Balaban J connectivity index is 0.000000167. The number of aryl methyl sites for hydroxylation is 1. The van der Waals surface area contributed by atoms with E-state index in [2.05, 4.69) is 129 Å². The zero-order valence-corrected chi connectivity index (χ0v) is 31.5. The molecule has 0 saturated carbocycles. The van der Waals surface area contributed by atoms with Gasteiger partial charge in [0.2, 0.25) is 6.70 Å². The highest BCUT2D eigenvalue weighted by atomic mass is 32.4. The quantitative estimate of drug-likeness (QED) is 0.130. The molecule has 0 bridgehead atoms. The van der Waals surface area contributed by atoms with Crippen molar-refractivity contribution >= 4 is 113 Å². The lowest BCUT2D eigenvalue weighted by atomic mass is 10.2. The van der Waals surface area contributed by atoms with Gasteiger partial charge >= 0.3 is 0 Å². The van der Waals surface area contributed by atoms with E-state index in [1.807, 2.05) is 66.7 Å². The third-order valence-electron chi connectivity index (χ3n) is 6.67. The topological polar surface area (TPSA) is 0 Å². The molecule has 0 aliphatic heterocycles. The van der Waals surface area contributed by atoms with Crippen LogP contribution in [0.3, 0.4) is 0 Å². The molecule has 45 heavy (non-hydrogen) atoms. The third-order valence-corrected chi connectivity index (χ3v) is 16.2. The van der Waals surface area contributed by atoms with Gasteiger partial charge in [0, 0.05) is 28.5 Å². The van der Waals surface area contributed by atoms with Crippen LogP contribution in [0.25, 0.3) is 0 Å². The Morgan fingerprint density at radius 2 is 0.889 bits per heavy atom. The smallest absolute Gasteiger partial charge is 0.143 e. The Morgan fingerprint density at radius 3 is 1.33 bits per heavy atom. The fourth-order valence-electron chi connectivity index (χ4n) is 4.29. The Labute approximate surface area is 296 Å². The number of thiol groups is 2. The molecule has 0 heterocycles. The maximum absolute atomic E-state index is 6.26. The van der Waals surface area contributed by atoms with Gasteiger partial charge in [-0.1, -0.05) is 132 Å². The SMILES string of the molecule is Cc1ccc(P(=S)(c2ccccc2)c2ccccc2)cc1.S=Pc1ccc(S)cc1.S=[P+](c1ccccc1)c1ccc(S)cc1. The molecule has 0 aliphatic carbocycles. The first-order chi connectivity index (χ1) is 21.8. The predicted molar refractivity (Wildman–Crippen MR) is 219 cm³/mol. The third kappa shape index (κ3) is 10.4. The lowest BCUT2D eigenvalue weighted by molar-refractivity contribution is 1.49. The van der Waals surface area contributed by atoms with Gasteiger partial charge in [0.25, 0.3) is 0 Å². The first-order valence-electron chi connectivity index (χ1n) is 14.0. The van der Waals surface area contributed by atoms with Gasteiger partial charge in [-0.2, -0.15) is 0 Å². The lowest BCUT2D eigenvalue weighted by Crippen LogP contribution is -2.24. The number of hydrogen-bond acceptors (Lipinski definition) is 5. The van der Waals surface area contributed by atoms with Crippen LogP contribution in [0.5, 0.6) is 0 Å². The van der Waals surface area contributed by atoms with Crippen LogP contribution in [0.2, 0.25) is 0 Å². The minimum absolute atomic E-state index is 0.634. The fourth-order valence-corrected chi connectivity index (χ4v) is 10.9. The van der Waals surface area contributed by atoms with Gasteiger partial charge in [0.15, 0.2) is 22.4 Å². The van der Waals surface area contributed by atoms with E-state index in [1.54, 1.807) is 0 Å². The van der Waals surface area contributed by atoms with Gasteiger partial charge in [-0.15, -0.1) is 25.3 Å². The summed E-state index contributed by atoms with van der Waals surface area (Å²) in [7, 11) is 0.901. The molecule has 0 saturated heterocycles. The van der Waals surface area contributed by atoms with Crippen molar-refractivity contribution < 1.29 is 0 Å². The van der Waals surface area contributed by atoms with Crippen LogP contribution >= 0.6 is 45.3 Å². The standard InChI is InChI=1S/C19H17PS.C12H9PS2.C6H5PS2/c1-16-12-14-19(15-13-16)20(21,17-8-4-2-5-9-17)18-10-6-3-7-11-18;14-12-8-6-11(7-9-12)13(15)10-4-2-1-3-5-10;8-6-3-1-5(7-9)2-4-6/h2-15H,1H3;1-9H;1-4,8H/p+1. The average molecular weight is 730 g/mol. The molecule has 0 fully saturated rings. The number of rotatable bonds is 6. The van der Waals surface area contributed by atoms with Crippen molar-refractivity contribution in [3.63, 3.8) is 0 Å². The van der Waals surface area contributed by atoms with Gasteiger partial charge in [0.05, 0.1) is 0 Å². The summed E-state index contributed by atoms with van der Waals surface area (Å²) in [5.74, 6) is 0. The summed E-state index contributed by atoms with van der Waals surface area (Å²) in [6.07, 6.45) is 0. The normalized spacial score (nSPS) is 11.0. The van der Waals surface area contributed by atoms with Gasteiger partial charge in [-0.25, -0.2) is 0 Å². The Kier molecular flexibility index (Phi) is 14.3. The Hall–Kier alpha value is -2.29. The minimum Gasteiger partial charge on any atom is -0.143 e. The zero-order valence-electron chi connectivity index (χ0n) is 24.5. The second-order valence-corrected chi connectivity index (χ2v) is 19.3. The summed E-state index contributed by atoms with van der Waals surface area (Å²) < 4.78 is 0. The molecule has 8 heteroatoms.